The van der Waals surface area contributed by atoms with Crippen LogP contribution in [-0.4, -0.2) is 11.7 Å². The summed E-state index contributed by atoms with van der Waals surface area (Å²) >= 11 is 3.58. The third kappa shape index (κ3) is 2.25. The quantitative estimate of drug-likeness (QED) is 0.866. The molecule has 15 heavy (non-hydrogen) atoms. The van der Waals surface area contributed by atoms with Gasteiger partial charge in [-0.05, 0) is 48.4 Å². The Morgan fingerprint density at radius 2 is 2.07 bits per heavy atom. The van der Waals surface area contributed by atoms with Crippen LogP contribution in [0.2, 0.25) is 0 Å². The maximum Gasteiger partial charge on any atom is 0.0912 e. The van der Waals surface area contributed by atoms with Crippen LogP contribution in [0.4, 0.5) is 0 Å². The highest BCUT2D eigenvalue weighted by Crippen LogP contribution is 2.31. The number of aryl methyl sites for hydroxylation is 1. The first kappa shape index (κ1) is 11.1. The molecule has 3 N–H and O–H groups in total. The zero-order valence-corrected chi connectivity index (χ0v) is 10.3. The van der Waals surface area contributed by atoms with E-state index in [0.29, 0.717) is 0 Å². The molecule has 1 aromatic rings. The van der Waals surface area contributed by atoms with Crippen molar-refractivity contribution in [2.75, 3.05) is 6.54 Å². The number of aliphatic hydroxyl groups is 1. The van der Waals surface area contributed by atoms with Crippen molar-refractivity contribution in [1.29, 1.82) is 0 Å². The van der Waals surface area contributed by atoms with E-state index in [0.717, 1.165) is 22.9 Å². The van der Waals surface area contributed by atoms with Crippen LogP contribution in [-0.2, 0) is 12.8 Å². The first-order chi connectivity index (χ1) is 7.22. The van der Waals surface area contributed by atoms with Gasteiger partial charge in [0.1, 0.15) is 0 Å². The SMILES string of the molecule is NCC(O)c1cc(Br)c2c(c1)CCCC2. The molecule has 0 radical (unpaired) electrons. The second kappa shape index (κ2) is 4.64. The van der Waals surface area contributed by atoms with Crippen LogP contribution in [0.25, 0.3) is 0 Å². The third-order valence-corrected chi connectivity index (χ3v) is 3.75. The standard InChI is InChI=1S/C12H16BrNO/c13-11-6-9(12(15)7-14)5-8-3-1-2-4-10(8)11/h5-6,12,15H,1-4,7,14H2. The van der Waals surface area contributed by atoms with E-state index in [1.165, 1.54) is 24.0 Å². The molecule has 0 fully saturated rings. The van der Waals surface area contributed by atoms with Gasteiger partial charge < -0.3 is 10.8 Å². The first-order valence-electron chi connectivity index (χ1n) is 5.41. The Morgan fingerprint density at radius 3 is 2.80 bits per heavy atom. The zero-order valence-electron chi connectivity index (χ0n) is 8.67. The molecule has 2 nitrogen and oxygen atoms in total. The molecule has 0 saturated heterocycles. The summed E-state index contributed by atoms with van der Waals surface area (Å²) in [5, 5.41) is 9.71. The second-order valence-electron chi connectivity index (χ2n) is 4.10. The van der Waals surface area contributed by atoms with Gasteiger partial charge in [0.15, 0.2) is 0 Å². The summed E-state index contributed by atoms with van der Waals surface area (Å²) < 4.78 is 1.13. The molecular formula is C12H16BrNO. The van der Waals surface area contributed by atoms with Crippen LogP contribution in [0.3, 0.4) is 0 Å². The predicted octanol–water partition coefficient (Wildman–Crippen LogP) is 2.32. The molecule has 0 aromatic heterocycles. The smallest absolute Gasteiger partial charge is 0.0912 e. The molecule has 2 rings (SSSR count). The minimum absolute atomic E-state index is 0.283. The molecule has 0 spiro atoms. The van der Waals surface area contributed by atoms with Gasteiger partial charge in [0.25, 0.3) is 0 Å². The van der Waals surface area contributed by atoms with Crippen LogP contribution >= 0.6 is 15.9 Å². The van der Waals surface area contributed by atoms with Gasteiger partial charge in [0.2, 0.25) is 0 Å². The van der Waals surface area contributed by atoms with Gasteiger partial charge in [-0.25, -0.2) is 0 Å². The van der Waals surface area contributed by atoms with Crippen molar-refractivity contribution in [2.24, 2.45) is 5.73 Å². The number of aliphatic hydroxyl groups excluding tert-OH is 1. The number of hydrogen-bond acceptors (Lipinski definition) is 2. The van der Waals surface area contributed by atoms with Crippen LogP contribution in [0.5, 0.6) is 0 Å². The fourth-order valence-electron chi connectivity index (χ4n) is 2.17. The Morgan fingerprint density at radius 1 is 1.33 bits per heavy atom. The molecule has 1 aliphatic rings. The minimum Gasteiger partial charge on any atom is -0.387 e. The van der Waals surface area contributed by atoms with Crippen LogP contribution < -0.4 is 5.73 Å². The molecule has 1 atom stereocenters. The topological polar surface area (TPSA) is 46.2 Å². The molecule has 0 bridgehead atoms. The van der Waals surface area contributed by atoms with Crippen LogP contribution in [0, 0.1) is 0 Å². The molecule has 1 aromatic carbocycles. The van der Waals surface area contributed by atoms with E-state index in [1.54, 1.807) is 0 Å². The lowest BCUT2D eigenvalue weighted by Gasteiger charge is -2.20. The number of fused-ring (bicyclic) bond motifs is 1. The summed E-state index contributed by atoms with van der Waals surface area (Å²) in [5.41, 5.74) is 9.18. The van der Waals surface area contributed by atoms with E-state index in [-0.39, 0.29) is 6.54 Å². The molecule has 0 amide bonds. The first-order valence-corrected chi connectivity index (χ1v) is 6.21. The average Bonchev–Trinajstić information content (AvgIpc) is 2.28. The molecule has 0 saturated carbocycles. The minimum atomic E-state index is -0.534. The monoisotopic (exact) mass is 269 g/mol. The van der Waals surface area contributed by atoms with Gasteiger partial charge in [-0.2, -0.15) is 0 Å². The summed E-state index contributed by atoms with van der Waals surface area (Å²) in [6.45, 7) is 0.283. The van der Waals surface area contributed by atoms with E-state index in [9.17, 15) is 5.11 Å². The van der Waals surface area contributed by atoms with E-state index < -0.39 is 6.10 Å². The van der Waals surface area contributed by atoms with Crippen molar-refractivity contribution in [3.63, 3.8) is 0 Å². The molecule has 82 valence electrons. The summed E-state index contributed by atoms with van der Waals surface area (Å²) in [6.07, 6.45) is 4.26. The van der Waals surface area contributed by atoms with Gasteiger partial charge in [-0.1, -0.05) is 22.0 Å². The third-order valence-electron chi connectivity index (χ3n) is 3.04. The summed E-state index contributed by atoms with van der Waals surface area (Å²) in [6, 6.07) is 4.11. The largest absolute Gasteiger partial charge is 0.387 e. The Bertz CT molecular complexity index is 365. The van der Waals surface area contributed by atoms with Crippen molar-refractivity contribution >= 4 is 15.9 Å². The van der Waals surface area contributed by atoms with Gasteiger partial charge in [0, 0.05) is 11.0 Å². The lowest BCUT2D eigenvalue weighted by atomic mass is 9.89. The van der Waals surface area contributed by atoms with Gasteiger partial charge in [-0.15, -0.1) is 0 Å². The number of hydrogen-bond donors (Lipinski definition) is 2. The molecule has 1 unspecified atom stereocenters. The van der Waals surface area contributed by atoms with E-state index >= 15 is 0 Å². The van der Waals surface area contributed by atoms with Crippen molar-refractivity contribution < 1.29 is 5.11 Å². The fourth-order valence-corrected chi connectivity index (χ4v) is 2.88. The molecular weight excluding hydrogens is 254 g/mol. The summed E-state index contributed by atoms with van der Waals surface area (Å²) in [7, 11) is 0. The fraction of sp³-hybridized carbons (Fsp3) is 0.500. The molecule has 1 aliphatic carbocycles. The molecule has 3 heteroatoms. The number of nitrogens with two attached hydrogens (primary N) is 1. The summed E-state index contributed by atoms with van der Waals surface area (Å²) in [5.74, 6) is 0. The van der Waals surface area contributed by atoms with Crippen LogP contribution in [0.1, 0.15) is 35.6 Å². The Hall–Kier alpha value is -0.380. The second-order valence-corrected chi connectivity index (χ2v) is 4.95. The van der Waals surface area contributed by atoms with E-state index in [2.05, 4.69) is 22.0 Å². The van der Waals surface area contributed by atoms with Crippen molar-refractivity contribution in [2.45, 2.75) is 31.8 Å². The molecule has 0 aliphatic heterocycles. The Balaban J connectivity index is 2.40. The van der Waals surface area contributed by atoms with Gasteiger partial charge >= 0.3 is 0 Å². The Labute approximate surface area is 98.6 Å². The average molecular weight is 270 g/mol. The van der Waals surface area contributed by atoms with Gasteiger partial charge in [0.05, 0.1) is 6.10 Å². The number of benzene rings is 1. The van der Waals surface area contributed by atoms with E-state index in [1.807, 2.05) is 6.07 Å². The highest BCUT2D eigenvalue weighted by molar-refractivity contribution is 9.10. The predicted molar refractivity (Wildman–Crippen MR) is 64.8 cm³/mol. The normalized spacial score (nSPS) is 17.3. The van der Waals surface area contributed by atoms with E-state index in [4.69, 9.17) is 5.73 Å². The highest BCUT2D eigenvalue weighted by Gasteiger charge is 2.15. The highest BCUT2D eigenvalue weighted by atomic mass is 79.9. The van der Waals surface area contributed by atoms with Gasteiger partial charge in [-0.3, -0.25) is 0 Å². The van der Waals surface area contributed by atoms with Crippen molar-refractivity contribution in [3.05, 3.63) is 33.3 Å². The van der Waals surface area contributed by atoms with Crippen LogP contribution in [0.15, 0.2) is 16.6 Å². The lowest BCUT2D eigenvalue weighted by Crippen LogP contribution is -2.13. The Kier molecular flexibility index (Phi) is 3.44. The zero-order chi connectivity index (χ0) is 10.8. The maximum atomic E-state index is 9.71. The summed E-state index contributed by atoms with van der Waals surface area (Å²) in [4.78, 5) is 0. The lowest BCUT2D eigenvalue weighted by molar-refractivity contribution is 0.186. The van der Waals surface area contributed by atoms with Crippen molar-refractivity contribution in [3.8, 4) is 0 Å². The molecule has 0 heterocycles. The number of rotatable bonds is 2. The van der Waals surface area contributed by atoms with Crippen molar-refractivity contribution in [1.82, 2.24) is 0 Å². The number of halogens is 1. The maximum absolute atomic E-state index is 9.71.